The van der Waals surface area contributed by atoms with Crippen LogP contribution in [0.5, 0.6) is 0 Å². The summed E-state index contributed by atoms with van der Waals surface area (Å²) in [6.45, 7) is 9.21. The van der Waals surface area contributed by atoms with Crippen molar-refractivity contribution in [2.45, 2.75) is 0 Å². The zero-order chi connectivity index (χ0) is 11.1. The number of aliphatic carboxylic acids is 1. The van der Waals surface area contributed by atoms with Gasteiger partial charge in [-0.05, 0) is 0 Å². The monoisotopic (exact) mass is 297 g/mol. The average Bonchev–Trinajstić information content (AvgIpc) is 2.05. The van der Waals surface area contributed by atoms with Crippen molar-refractivity contribution in [1.29, 1.82) is 0 Å². The smallest absolute Gasteiger partial charge is 0.535 e. The van der Waals surface area contributed by atoms with Crippen LogP contribution in [0.25, 0.3) is 0 Å². The first-order valence-electron chi connectivity index (χ1n) is 3.07. The first-order valence-corrected chi connectivity index (χ1v) is 4.79. The molecule has 0 amide bonds. The minimum atomic E-state index is -2.90. The Morgan fingerprint density at radius 1 is 1.43 bits per heavy atom. The summed E-state index contributed by atoms with van der Waals surface area (Å²) in [6.07, 6.45) is 0. The van der Waals surface area contributed by atoms with Gasteiger partial charge in [0.2, 0.25) is 5.97 Å². The van der Waals surface area contributed by atoms with Crippen LogP contribution in [0.4, 0.5) is 0 Å². The molecule has 78 valence electrons. The molecule has 14 heavy (non-hydrogen) atoms. The van der Waals surface area contributed by atoms with E-state index in [-0.39, 0.29) is 38.3 Å². The molecule has 5 nitrogen and oxygen atoms in total. The molecular formula is C7H13O5PY+. The average molecular weight is 297 g/mol. The SMILES string of the molecule is C=C([CH2-])C(=O)O.[CH2-]P(=O)(OC)OC.[Y+3]. The molecule has 7 heteroatoms. The molecule has 0 spiro atoms. The van der Waals surface area contributed by atoms with Gasteiger partial charge in [0.15, 0.2) is 7.60 Å². The summed E-state index contributed by atoms with van der Waals surface area (Å²) in [5, 5.41) is 7.83. The number of carboxylic acids is 1. The van der Waals surface area contributed by atoms with E-state index in [1.165, 1.54) is 14.2 Å². The Bertz CT molecular complexity index is 208. The van der Waals surface area contributed by atoms with E-state index < -0.39 is 13.6 Å². The summed E-state index contributed by atoms with van der Waals surface area (Å²) in [5.41, 5.74) is -0.0741. The van der Waals surface area contributed by atoms with Crippen LogP contribution in [0.1, 0.15) is 0 Å². The fourth-order valence-electron chi connectivity index (χ4n) is 0.0745. The van der Waals surface area contributed by atoms with Gasteiger partial charge < -0.3 is 18.9 Å². The molecule has 0 aliphatic heterocycles. The third kappa shape index (κ3) is 14.8. The first-order chi connectivity index (χ1) is 5.76. The molecule has 0 bridgehead atoms. The summed E-state index contributed by atoms with van der Waals surface area (Å²) >= 11 is 0. The van der Waals surface area contributed by atoms with Gasteiger partial charge in [-0.1, -0.05) is 0 Å². The molecule has 1 N–H and O–H groups in total. The summed E-state index contributed by atoms with van der Waals surface area (Å²) in [5.74, 6) is -1.05. The van der Waals surface area contributed by atoms with Crippen molar-refractivity contribution < 1.29 is 56.2 Å². The molecule has 0 aliphatic carbocycles. The Morgan fingerprint density at radius 2 is 1.64 bits per heavy atom. The maximum absolute atomic E-state index is 10.4. The topological polar surface area (TPSA) is 72.8 Å². The van der Waals surface area contributed by atoms with Crippen LogP contribution in [-0.2, 0) is 51.1 Å². The Kier molecular flexibility index (Phi) is 14.0. The number of hydrogen-bond donors (Lipinski definition) is 1. The zero-order valence-electron chi connectivity index (χ0n) is 8.23. The van der Waals surface area contributed by atoms with Gasteiger partial charge in [-0.25, -0.2) is 6.66 Å². The number of carbonyl (C=O) groups is 1. The molecule has 0 atom stereocenters. The number of rotatable bonds is 3. The maximum atomic E-state index is 10.4. The van der Waals surface area contributed by atoms with E-state index in [1.807, 2.05) is 0 Å². The molecule has 0 aromatic heterocycles. The van der Waals surface area contributed by atoms with Crippen molar-refractivity contribution >= 4 is 13.6 Å². The second-order valence-electron chi connectivity index (χ2n) is 1.88. The zero-order valence-corrected chi connectivity index (χ0v) is 12.0. The van der Waals surface area contributed by atoms with E-state index >= 15 is 0 Å². The fraction of sp³-hybridized carbons (Fsp3) is 0.286. The van der Waals surface area contributed by atoms with Crippen molar-refractivity contribution in [3.8, 4) is 0 Å². The number of hydrogen-bond acceptors (Lipinski definition) is 4. The molecule has 0 aliphatic rings. The third-order valence-electron chi connectivity index (χ3n) is 0.859. The van der Waals surface area contributed by atoms with Gasteiger partial charge in [-0.2, -0.15) is 13.5 Å². The van der Waals surface area contributed by atoms with Gasteiger partial charge in [0, 0.05) is 14.2 Å². The van der Waals surface area contributed by atoms with E-state index in [0.29, 0.717) is 0 Å². The Balaban J connectivity index is -0.000000163. The molecule has 0 saturated carbocycles. The Hall–Kier alpha value is 0.334. The molecule has 0 rings (SSSR count). The first kappa shape index (κ1) is 19.8. The van der Waals surface area contributed by atoms with Gasteiger partial charge in [-0.3, -0.25) is 4.57 Å². The molecule has 0 aromatic rings. The normalized spacial score (nSPS) is 9.07. The van der Waals surface area contributed by atoms with E-state index in [2.05, 4.69) is 29.2 Å². The van der Waals surface area contributed by atoms with E-state index in [1.54, 1.807) is 0 Å². The van der Waals surface area contributed by atoms with Gasteiger partial charge in [0.05, 0.1) is 0 Å². The largest absolute Gasteiger partial charge is 3.00 e. The molecule has 0 unspecified atom stereocenters. The standard InChI is InChI=1S/C4H5O2.C3H8O3P.Y/c1-3(2)4(5)6;1-5-7(3,4)6-2;/h1-2H2,(H,5,6);3H2,1-2H3;/q2*-1;+3. The maximum Gasteiger partial charge on any atom is 3.00 e. The number of carboxylic acid groups (broad SMARTS) is 1. The molecular weight excluding hydrogens is 284 g/mol. The Morgan fingerprint density at radius 3 is 1.64 bits per heavy atom. The van der Waals surface area contributed by atoms with Crippen molar-refractivity contribution in [2.24, 2.45) is 0 Å². The molecule has 0 saturated heterocycles. The van der Waals surface area contributed by atoms with Crippen LogP contribution in [0.2, 0.25) is 0 Å². The van der Waals surface area contributed by atoms with Gasteiger partial charge in [0.1, 0.15) is 0 Å². The van der Waals surface area contributed by atoms with Gasteiger partial charge in [-0.15, -0.1) is 5.57 Å². The molecule has 0 aromatic carbocycles. The Labute approximate surface area is 109 Å². The van der Waals surface area contributed by atoms with Crippen LogP contribution < -0.4 is 0 Å². The van der Waals surface area contributed by atoms with Crippen LogP contribution in [0.15, 0.2) is 12.2 Å². The summed E-state index contributed by atoms with van der Waals surface area (Å²) < 4.78 is 19.0. The van der Waals surface area contributed by atoms with E-state index in [9.17, 15) is 9.36 Å². The van der Waals surface area contributed by atoms with Crippen molar-refractivity contribution in [1.82, 2.24) is 0 Å². The predicted molar refractivity (Wildman–Crippen MR) is 49.1 cm³/mol. The predicted octanol–water partition coefficient (Wildman–Crippen LogP) is 1.72. The summed E-state index contributed by atoms with van der Waals surface area (Å²) in [6, 6.07) is 0. The molecule has 0 heterocycles. The van der Waals surface area contributed by atoms with E-state index in [0.717, 1.165) is 0 Å². The van der Waals surface area contributed by atoms with Gasteiger partial charge >= 0.3 is 32.7 Å². The van der Waals surface area contributed by atoms with Crippen LogP contribution in [0.3, 0.4) is 0 Å². The summed E-state index contributed by atoms with van der Waals surface area (Å²) in [4.78, 5) is 9.54. The fourth-order valence-corrected chi connectivity index (χ4v) is 0.224. The second-order valence-corrected chi connectivity index (χ2v) is 3.84. The van der Waals surface area contributed by atoms with Crippen LogP contribution in [0, 0.1) is 13.6 Å². The minimum Gasteiger partial charge on any atom is -0.535 e. The van der Waals surface area contributed by atoms with Crippen molar-refractivity contribution in [2.75, 3.05) is 14.2 Å². The van der Waals surface area contributed by atoms with Crippen LogP contribution >= 0.6 is 7.60 Å². The summed E-state index contributed by atoms with van der Waals surface area (Å²) in [7, 11) is -0.326. The molecule has 0 fully saturated rings. The minimum absolute atomic E-state index is 0. The van der Waals surface area contributed by atoms with Crippen LogP contribution in [-0.4, -0.2) is 25.3 Å². The van der Waals surface area contributed by atoms with Crippen molar-refractivity contribution in [3.05, 3.63) is 25.7 Å². The quantitative estimate of drug-likeness (QED) is 0.488. The molecule has 0 radical (unpaired) electrons. The third-order valence-corrected chi connectivity index (χ3v) is 1.97. The van der Waals surface area contributed by atoms with Crippen molar-refractivity contribution in [3.63, 3.8) is 0 Å². The van der Waals surface area contributed by atoms with E-state index in [4.69, 9.17) is 5.11 Å². The van der Waals surface area contributed by atoms with Gasteiger partial charge in [0.25, 0.3) is 0 Å². The second kappa shape index (κ2) is 9.87.